The molecule has 4 rings (SSSR count). The van der Waals surface area contributed by atoms with Gasteiger partial charge in [-0.25, -0.2) is 9.79 Å². The van der Waals surface area contributed by atoms with Crippen molar-refractivity contribution in [3.05, 3.63) is 111 Å². The zero-order chi connectivity index (χ0) is 21.8. The summed E-state index contributed by atoms with van der Waals surface area (Å²) in [5.74, 6) is 0.239. The van der Waals surface area contributed by atoms with Crippen LogP contribution in [0.3, 0.4) is 0 Å². The number of hydrogen-bond donors (Lipinski definition) is 0. The third-order valence-electron chi connectivity index (χ3n) is 4.65. The SMILES string of the molecule is Cc1ccc(C2=N/C(=C\c3ccccc3OCc3cccc([N+](=O)[O-])c3)C(=O)O2)cc1. The van der Waals surface area contributed by atoms with Crippen LogP contribution < -0.4 is 4.74 Å². The average molecular weight is 414 g/mol. The molecule has 1 aliphatic heterocycles. The van der Waals surface area contributed by atoms with Crippen molar-refractivity contribution >= 4 is 23.6 Å². The highest BCUT2D eigenvalue weighted by molar-refractivity contribution is 6.12. The zero-order valence-corrected chi connectivity index (χ0v) is 16.6. The molecule has 0 radical (unpaired) electrons. The van der Waals surface area contributed by atoms with Crippen LogP contribution in [0.15, 0.2) is 83.5 Å². The molecule has 1 heterocycles. The minimum atomic E-state index is -0.538. The van der Waals surface area contributed by atoms with E-state index in [1.54, 1.807) is 36.4 Å². The van der Waals surface area contributed by atoms with E-state index in [-0.39, 0.29) is 23.9 Å². The lowest BCUT2D eigenvalue weighted by atomic mass is 10.1. The molecular weight excluding hydrogens is 396 g/mol. The lowest BCUT2D eigenvalue weighted by Crippen LogP contribution is -2.05. The van der Waals surface area contributed by atoms with Gasteiger partial charge >= 0.3 is 5.97 Å². The van der Waals surface area contributed by atoms with Crippen LogP contribution in [-0.4, -0.2) is 16.8 Å². The first kappa shape index (κ1) is 20.0. The van der Waals surface area contributed by atoms with Gasteiger partial charge in [-0.2, -0.15) is 0 Å². The number of hydrogen-bond acceptors (Lipinski definition) is 6. The van der Waals surface area contributed by atoms with Gasteiger partial charge in [-0.3, -0.25) is 10.1 Å². The Kier molecular flexibility index (Phi) is 5.57. The number of nitro benzene ring substituents is 1. The fourth-order valence-corrected chi connectivity index (χ4v) is 3.03. The lowest BCUT2D eigenvalue weighted by Gasteiger charge is -2.09. The van der Waals surface area contributed by atoms with Crippen molar-refractivity contribution in [2.24, 2.45) is 4.99 Å². The summed E-state index contributed by atoms with van der Waals surface area (Å²) in [4.78, 5) is 27.1. The van der Waals surface area contributed by atoms with Crippen molar-refractivity contribution in [2.45, 2.75) is 13.5 Å². The van der Waals surface area contributed by atoms with Crippen molar-refractivity contribution in [1.82, 2.24) is 0 Å². The van der Waals surface area contributed by atoms with Crippen LogP contribution in [-0.2, 0) is 16.1 Å². The molecule has 154 valence electrons. The van der Waals surface area contributed by atoms with Gasteiger partial charge in [-0.05, 0) is 36.8 Å². The highest BCUT2D eigenvalue weighted by Gasteiger charge is 2.24. The molecule has 0 amide bonds. The van der Waals surface area contributed by atoms with Crippen LogP contribution in [0.2, 0.25) is 0 Å². The minimum absolute atomic E-state index is 0.00294. The van der Waals surface area contributed by atoms with Crippen molar-refractivity contribution in [3.63, 3.8) is 0 Å². The summed E-state index contributed by atoms with van der Waals surface area (Å²) in [5, 5.41) is 11.0. The fourth-order valence-electron chi connectivity index (χ4n) is 3.03. The first-order valence-corrected chi connectivity index (χ1v) is 9.54. The van der Waals surface area contributed by atoms with Crippen LogP contribution in [0.1, 0.15) is 22.3 Å². The number of carbonyl (C=O) groups is 1. The predicted molar refractivity (Wildman–Crippen MR) is 116 cm³/mol. The van der Waals surface area contributed by atoms with E-state index in [9.17, 15) is 14.9 Å². The second-order valence-corrected chi connectivity index (χ2v) is 6.96. The van der Waals surface area contributed by atoms with E-state index in [0.29, 0.717) is 16.9 Å². The second-order valence-electron chi connectivity index (χ2n) is 6.96. The molecule has 0 aliphatic carbocycles. The number of aliphatic imine (C=N–C) groups is 1. The van der Waals surface area contributed by atoms with E-state index in [1.165, 1.54) is 12.1 Å². The predicted octanol–water partition coefficient (Wildman–Crippen LogP) is 4.83. The van der Waals surface area contributed by atoms with Gasteiger partial charge in [0.2, 0.25) is 5.90 Å². The fraction of sp³-hybridized carbons (Fsp3) is 0.0833. The molecule has 0 fully saturated rings. The van der Waals surface area contributed by atoms with Gasteiger partial charge in [0.15, 0.2) is 5.70 Å². The summed E-state index contributed by atoms with van der Waals surface area (Å²) in [6.45, 7) is 2.12. The van der Waals surface area contributed by atoms with Crippen molar-refractivity contribution in [3.8, 4) is 5.75 Å². The van der Waals surface area contributed by atoms with Crippen molar-refractivity contribution in [2.75, 3.05) is 0 Å². The van der Waals surface area contributed by atoms with Crippen molar-refractivity contribution < 1.29 is 19.2 Å². The van der Waals surface area contributed by atoms with Crippen LogP contribution in [0.25, 0.3) is 6.08 Å². The lowest BCUT2D eigenvalue weighted by molar-refractivity contribution is -0.384. The van der Waals surface area contributed by atoms with Crippen LogP contribution in [0.4, 0.5) is 5.69 Å². The smallest absolute Gasteiger partial charge is 0.363 e. The van der Waals surface area contributed by atoms with Gasteiger partial charge < -0.3 is 9.47 Å². The molecule has 0 N–H and O–H groups in total. The molecule has 0 saturated heterocycles. The Labute approximate surface area is 178 Å². The normalized spacial score (nSPS) is 14.3. The van der Waals surface area contributed by atoms with Gasteiger partial charge in [0, 0.05) is 23.3 Å². The van der Waals surface area contributed by atoms with E-state index in [4.69, 9.17) is 9.47 Å². The molecule has 0 saturated carbocycles. The summed E-state index contributed by atoms with van der Waals surface area (Å²) in [5.41, 5.74) is 3.30. The molecule has 0 atom stereocenters. The quantitative estimate of drug-likeness (QED) is 0.249. The maximum atomic E-state index is 12.3. The molecule has 7 nitrogen and oxygen atoms in total. The number of nitrogens with zero attached hydrogens (tertiary/aromatic N) is 2. The van der Waals surface area contributed by atoms with Gasteiger partial charge in [0.05, 0.1) is 4.92 Å². The number of benzene rings is 3. The summed E-state index contributed by atoms with van der Waals surface area (Å²) in [7, 11) is 0. The molecule has 0 aromatic heterocycles. The molecule has 7 heteroatoms. The van der Waals surface area contributed by atoms with E-state index < -0.39 is 10.9 Å². The summed E-state index contributed by atoms with van der Waals surface area (Å²) >= 11 is 0. The molecule has 0 spiro atoms. The average Bonchev–Trinajstić information content (AvgIpc) is 3.14. The van der Waals surface area contributed by atoms with Gasteiger partial charge in [-0.15, -0.1) is 0 Å². The third kappa shape index (κ3) is 4.67. The molecule has 3 aromatic carbocycles. The first-order chi connectivity index (χ1) is 15.0. The molecule has 1 aliphatic rings. The van der Waals surface area contributed by atoms with E-state index in [1.807, 2.05) is 37.3 Å². The number of esters is 1. The van der Waals surface area contributed by atoms with Crippen LogP contribution in [0, 0.1) is 17.0 Å². The van der Waals surface area contributed by atoms with Crippen molar-refractivity contribution in [1.29, 1.82) is 0 Å². The molecule has 3 aromatic rings. The molecular formula is C24H18N2O5. The highest BCUT2D eigenvalue weighted by Crippen LogP contribution is 2.26. The Morgan fingerprint density at radius 1 is 1.06 bits per heavy atom. The Morgan fingerprint density at radius 2 is 1.84 bits per heavy atom. The number of carbonyl (C=O) groups excluding carboxylic acids is 1. The zero-order valence-electron chi connectivity index (χ0n) is 16.6. The number of nitro groups is 1. The van der Waals surface area contributed by atoms with Crippen LogP contribution >= 0.6 is 0 Å². The number of ether oxygens (including phenoxy) is 2. The maximum Gasteiger partial charge on any atom is 0.363 e. The number of non-ortho nitro benzene ring substituents is 1. The second kappa shape index (κ2) is 8.62. The maximum absolute atomic E-state index is 12.3. The van der Waals surface area contributed by atoms with Gasteiger partial charge in [0.1, 0.15) is 12.4 Å². The Morgan fingerprint density at radius 3 is 2.61 bits per heavy atom. The summed E-state index contributed by atoms with van der Waals surface area (Å²) in [6, 6.07) is 21.0. The Bertz CT molecular complexity index is 1210. The monoisotopic (exact) mass is 414 g/mol. The Hall–Kier alpha value is -4.26. The van der Waals surface area contributed by atoms with Crippen LogP contribution in [0.5, 0.6) is 5.75 Å². The number of cyclic esters (lactones) is 1. The standard InChI is InChI=1S/C24H18N2O5/c1-16-9-11-18(12-10-16)23-25-21(24(27)31-23)14-19-6-2-3-8-22(19)30-15-17-5-4-7-20(13-17)26(28)29/h2-14H,15H2,1H3/b21-14-. The summed E-state index contributed by atoms with van der Waals surface area (Å²) < 4.78 is 11.2. The number of aryl methyl sites for hydroxylation is 1. The topological polar surface area (TPSA) is 91.0 Å². The van der Waals surface area contributed by atoms with E-state index in [0.717, 1.165) is 11.1 Å². The minimum Gasteiger partial charge on any atom is -0.488 e. The largest absolute Gasteiger partial charge is 0.488 e. The highest BCUT2D eigenvalue weighted by atomic mass is 16.6. The van der Waals surface area contributed by atoms with Gasteiger partial charge in [0.25, 0.3) is 5.69 Å². The van der Waals surface area contributed by atoms with E-state index >= 15 is 0 Å². The van der Waals surface area contributed by atoms with E-state index in [2.05, 4.69) is 4.99 Å². The number of para-hydroxylation sites is 1. The first-order valence-electron chi connectivity index (χ1n) is 9.54. The Balaban J connectivity index is 1.56. The van der Waals surface area contributed by atoms with Gasteiger partial charge in [-0.1, -0.05) is 48.0 Å². The molecule has 0 bridgehead atoms. The third-order valence-corrected chi connectivity index (χ3v) is 4.65. The molecule has 0 unspecified atom stereocenters. The molecule has 31 heavy (non-hydrogen) atoms. The summed E-state index contributed by atoms with van der Waals surface area (Å²) in [6.07, 6.45) is 1.60. The number of rotatable bonds is 6.